The number of furan rings is 1. The van der Waals surface area contributed by atoms with Crippen LogP contribution >= 0.6 is 0 Å². The molecule has 2 aromatic heterocycles. The molecule has 1 aliphatic rings. The molecule has 88 valence electrons. The maximum atomic E-state index is 5.04. The first-order valence-corrected chi connectivity index (χ1v) is 6.01. The first-order valence-electron chi connectivity index (χ1n) is 6.01. The largest absolute Gasteiger partial charge is 0.472 e. The highest BCUT2D eigenvalue weighted by atomic mass is 16.3. The highest BCUT2D eigenvalue weighted by Gasteiger charge is 2.14. The summed E-state index contributed by atoms with van der Waals surface area (Å²) in [6, 6.07) is 1.96. The summed E-state index contributed by atoms with van der Waals surface area (Å²) in [6.07, 6.45) is 9.74. The number of hydrogen-bond acceptors (Lipinski definition) is 4. The monoisotopic (exact) mass is 229 g/mol. The lowest BCUT2D eigenvalue weighted by molar-refractivity contribution is 0.564. The van der Waals surface area contributed by atoms with E-state index in [4.69, 9.17) is 4.42 Å². The Morgan fingerprint density at radius 1 is 1.24 bits per heavy atom. The van der Waals surface area contributed by atoms with E-state index in [1.165, 1.54) is 24.1 Å². The molecule has 0 spiro atoms. The lowest BCUT2D eigenvalue weighted by atomic mass is 9.96. The molecule has 0 saturated heterocycles. The van der Waals surface area contributed by atoms with Crippen molar-refractivity contribution in [2.75, 3.05) is 5.32 Å². The molecule has 1 aliphatic carbocycles. The second-order valence-electron chi connectivity index (χ2n) is 4.34. The number of aromatic nitrogens is 2. The quantitative estimate of drug-likeness (QED) is 0.878. The summed E-state index contributed by atoms with van der Waals surface area (Å²) >= 11 is 0. The number of rotatable bonds is 3. The number of aryl methyl sites for hydroxylation is 1. The van der Waals surface area contributed by atoms with Crippen LogP contribution in [0.2, 0.25) is 0 Å². The molecule has 1 N–H and O–H groups in total. The third-order valence-electron chi connectivity index (χ3n) is 3.17. The zero-order chi connectivity index (χ0) is 11.5. The van der Waals surface area contributed by atoms with Crippen molar-refractivity contribution >= 4 is 5.82 Å². The van der Waals surface area contributed by atoms with Gasteiger partial charge in [-0.3, -0.25) is 0 Å². The molecule has 0 bridgehead atoms. The Balaban J connectivity index is 1.78. The van der Waals surface area contributed by atoms with Crippen molar-refractivity contribution in [2.24, 2.45) is 0 Å². The molecule has 0 aromatic carbocycles. The molecule has 3 rings (SSSR count). The highest BCUT2D eigenvalue weighted by molar-refractivity contribution is 5.47. The average Bonchev–Trinajstić information content (AvgIpc) is 2.89. The summed E-state index contributed by atoms with van der Waals surface area (Å²) in [7, 11) is 0. The summed E-state index contributed by atoms with van der Waals surface area (Å²) in [6.45, 7) is 0.750. The summed E-state index contributed by atoms with van der Waals surface area (Å²) in [5, 5.41) is 3.36. The number of anilines is 1. The van der Waals surface area contributed by atoms with Gasteiger partial charge in [0.15, 0.2) is 0 Å². The van der Waals surface area contributed by atoms with Crippen molar-refractivity contribution in [3.05, 3.63) is 41.7 Å². The van der Waals surface area contributed by atoms with Crippen molar-refractivity contribution in [3.63, 3.8) is 0 Å². The van der Waals surface area contributed by atoms with Gasteiger partial charge in [-0.25, -0.2) is 9.97 Å². The summed E-state index contributed by atoms with van der Waals surface area (Å²) in [5.41, 5.74) is 3.64. The standard InChI is InChI=1S/C13H15N3O/c1-2-4-12-11(3-1)13(16-9-15-12)14-7-10-5-6-17-8-10/h5-6,8-9H,1-4,7H2,(H,14,15,16). The molecule has 2 heterocycles. The number of fused-ring (bicyclic) bond motifs is 1. The minimum absolute atomic E-state index is 0.750. The fourth-order valence-electron chi connectivity index (χ4n) is 2.25. The maximum absolute atomic E-state index is 5.04. The van der Waals surface area contributed by atoms with Crippen LogP contribution in [0.4, 0.5) is 5.82 Å². The normalized spacial score (nSPS) is 14.4. The van der Waals surface area contributed by atoms with Gasteiger partial charge >= 0.3 is 0 Å². The molecule has 4 nitrogen and oxygen atoms in total. The van der Waals surface area contributed by atoms with Gasteiger partial charge in [-0.15, -0.1) is 0 Å². The van der Waals surface area contributed by atoms with E-state index in [9.17, 15) is 0 Å². The smallest absolute Gasteiger partial charge is 0.133 e. The molecular formula is C13H15N3O. The second kappa shape index (κ2) is 4.57. The molecule has 2 aromatic rings. The molecule has 4 heteroatoms. The Hall–Kier alpha value is -1.84. The van der Waals surface area contributed by atoms with Crippen LogP contribution in [0.15, 0.2) is 29.3 Å². The Labute approximate surface area is 100 Å². The zero-order valence-electron chi connectivity index (χ0n) is 9.65. The van der Waals surface area contributed by atoms with Crippen LogP contribution < -0.4 is 5.32 Å². The highest BCUT2D eigenvalue weighted by Crippen LogP contribution is 2.24. The van der Waals surface area contributed by atoms with Gasteiger partial charge in [0.1, 0.15) is 12.1 Å². The van der Waals surface area contributed by atoms with Crippen LogP contribution in [0.25, 0.3) is 0 Å². The van der Waals surface area contributed by atoms with Crippen molar-refractivity contribution < 1.29 is 4.42 Å². The zero-order valence-corrected chi connectivity index (χ0v) is 9.65. The van der Waals surface area contributed by atoms with Crippen LogP contribution in [0.3, 0.4) is 0 Å². The molecule has 0 radical (unpaired) electrons. The molecule has 0 aliphatic heterocycles. The molecule has 0 atom stereocenters. The lowest BCUT2D eigenvalue weighted by Crippen LogP contribution is -2.11. The average molecular weight is 229 g/mol. The summed E-state index contributed by atoms with van der Waals surface area (Å²) in [5.74, 6) is 0.982. The predicted octanol–water partition coefficient (Wildman–Crippen LogP) is 2.56. The Morgan fingerprint density at radius 3 is 3.06 bits per heavy atom. The van der Waals surface area contributed by atoms with Crippen LogP contribution in [0.1, 0.15) is 29.7 Å². The van der Waals surface area contributed by atoms with E-state index in [-0.39, 0.29) is 0 Å². The number of nitrogens with zero attached hydrogens (tertiary/aromatic N) is 2. The van der Waals surface area contributed by atoms with Crippen LogP contribution in [-0.2, 0) is 19.4 Å². The molecule has 0 fully saturated rings. The molecule has 0 unspecified atom stereocenters. The topological polar surface area (TPSA) is 51.0 Å². The van der Waals surface area contributed by atoms with Gasteiger partial charge in [0.2, 0.25) is 0 Å². The van der Waals surface area contributed by atoms with Crippen LogP contribution in [-0.4, -0.2) is 9.97 Å². The molecular weight excluding hydrogens is 214 g/mol. The van der Waals surface area contributed by atoms with Gasteiger partial charge in [-0.1, -0.05) is 0 Å². The Morgan fingerprint density at radius 2 is 2.18 bits per heavy atom. The predicted molar refractivity (Wildman–Crippen MR) is 64.7 cm³/mol. The Bertz CT molecular complexity index is 493. The minimum Gasteiger partial charge on any atom is -0.472 e. The molecule has 17 heavy (non-hydrogen) atoms. The fraction of sp³-hybridized carbons (Fsp3) is 0.385. The molecule has 0 saturated carbocycles. The Kier molecular flexibility index (Phi) is 2.78. The second-order valence-corrected chi connectivity index (χ2v) is 4.34. The first-order chi connectivity index (χ1) is 8.43. The lowest BCUT2D eigenvalue weighted by Gasteiger charge is -2.17. The molecule has 0 amide bonds. The van der Waals surface area contributed by atoms with E-state index in [1.807, 2.05) is 6.07 Å². The summed E-state index contributed by atoms with van der Waals surface area (Å²) < 4.78 is 5.04. The van der Waals surface area contributed by atoms with Crippen LogP contribution in [0.5, 0.6) is 0 Å². The number of nitrogens with one attached hydrogen (secondary N) is 1. The SMILES string of the molecule is c1nc2c(c(NCc3ccoc3)n1)CCCC2. The van der Waals surface area contributed by atoms with Crippen molar-refractivity contribution in [1.82, 2.24) is 9.97 Å². The van der Waals surface area contributed by atoms with Gasteiger partial charge in [0.05, 0.1) is 12.5 Å². The van der Waals surface area contributed by atoms with Crippen molar-refractivity contribution in [1.29, 1.82) is 0 Å². The van der Waals surface area contributed by atoms with E-state index in [0.717, 1.165) is 30.8 Å². The van der Waals surface area contributed by atoms with E-state index >= 15 is 0 Å². The van der Waals surface area contributed by atoms with E-state index in [2.05, 4.69) is 15.3 Å². The van der Waals surface area contributed by atoms with Crippen molar-refractivity contribution in [2.45, 2.75) is 32.2 Å². The van der Waals surface area contributed by atoms with Crippen LogP contribution in [0, 0.1) is 0 Å². The van der Waals surface area contributed by atoms with E-state index < -0.39 is 0 Å². The maximum Gasteiger partial charge on any atom is 0.133 e. The van der Waals surface area contributed by atoms with Crippen molar-refractivity contribution in [3.8, 4) is 0 Å². The van der Waals surface area contributed by atoms with Gasteiger partial charge in [-0.05, 0) is 31.7 Å². The minimum atomic E-state index is 0.750. The van der Waals surface area contributed by atoms with Gasteiger partial charge < -0.3 is 9.73 Å². The third-order valence-corrected chi connectivity index (χ3v) is 3.17. The first kappa shape index (κ1) is 10.3. The van der Waals surface area contributed by atoms with Gasteiger partial charge in [-0.2, -0.15) is 0 Å². The van der Waals surface area contributed by atoms with Gasteiger partial charge in [0, 0.05) is 23.4 Å². The third kappa shape index (κ3) is 2.16. The summed E-state index contributed by atoms with van der Waals surface area (Å²) in [4.78, 5) is 8.69. The fourth-order valence-corrected chi connectivity index (χ4v) is 2.25. The number of hydrogen-bond donors (Lipinski definition) is 1. The van der Waals surface area contributed by atoms with Gasteiger partial charge in [0.25, 0.3) is 0 Å². The van der Waals surface area contributed by atoms with E-state index in [1.54, 1.807) is 18.9 Å². The van der Waals surface area contributed by atoms with E-state index in [0.29, 0.717) is 0 Å².